The Balaban J connectivity index is 1.86. The van der Waals surface area contributed by atoms with Crippen molar-refractivity contribution in [3.63, 3.8) is 0 Å². The number of benzene rings is 2. The number of carbonyl (C=O) groups is 2. The molecule has 0 bridgehead atoms. The average molecular weight is 404 g/mol. The Kier molecular flexibility index (Phi) is 6.90. The number of nitrogens with two attached hydrogens (primary N) is 1. The zero-order chi connectivity index (χ0) is 20.9. The summed E-state index contributed by atoms with van der Waals surface area (Å²) >= 11 is 0. The van der Waals surface area contributed by atoms with E-state index in [1.54, 1.807) is 11.9 Å². The first-order valence-corrected chi connectivity index (χ1v) is 10.1. The minimum absolute atomic E-state index is 0.00282. The lowest BCUT2D eigenvalue weighted by Crippen LogP contribution is -2.36. The number of amides is 2. The van der Waals surface area contributed by atoms with Gasteiger partial charge < -0.3 is 10.6 Å². The Hall–Kier alpha value is -2.75. The van der Waals surface area contributed by atoms with E-state index in [0.29, 0.717) is 5.69 Å². The van der Waals surface area contributed by atoms with Crippen molar-refractivity contribution in [1.82, 2.24) is 4.90 Å². The van der Waals surface area contributed by atoms with Crippen LogP contribution in [-0.4, -0.2) is 45.3 Å². The third-order valence-corrected chi connectivity index (χ3v) is 4.89. The van der Waals surface area contributed by atoms with Crippen LogP contribution in [0.15, 0.2) is 47.4 Å². The van der Waals surface area contributed by atoms with Crippen molar-refractivity contribution >= 4 is 33.2 Å². The van der Waals surface area contributed by atoms with Crippen LogP contribution in [-0.2, 0) is 19.6 Å². The maximum absolute atomic E-state index is 12.2. The summed E-state index contributed by atoms with van der Waals surface area (Å²) in [5, 5.41) is 10.5. The zero-order valence-electron chi connectivity index (χ0n) is 16.0. The smallest absolute Gasteiger partial charge is 0.238 e. The van der Waals surface area contributed by atoms with E-state index in [1.807, 2.05) is 32.0 Å². The van der Waals surface area contributed by atoms with Gasteiger partial charge in [0.05, 0.1) is 18.0 Å². The van der Waals surface area contributed by atoms with Crippen LogP contribution in [0, 0.1) is 13.8 Å². The Morgan fingerprint density at radius 2 is 1.54 bits per heavy atom. The topological polar surface area (TPSA) is 122 Å². The number of hydrogen-bond donors (Lipinski definition) is 3. The molecule has 0 heterocycles. The van der Waals surface area contributed by atoms with E-state index in [9.17, 15) is 18.0 Å². The summed E-state index contributed by atoms with van der Waals surface area (Å²) in [4.78, 5) is 25.9. The molecule has 0 aromatic heterocycles. The summed E-state index contributed by atoms with van der Waals surface area (Å²) in [7, 11) is -2.12. The molecule has 0 aliphatic rings. The third-order valence-electron chi connectivity index (χ3n) is 3.96. The zero-order valence-corrected chi connectivity index (χ0v) is 16.8. The van der Waals surface area contributed by atoms with E-state index >= 15 is 0 Å². The second-order valence-corrected chi connectivity index (χ2v) is 8.22. The quantitative estimate of drug-likeness (QED) is 0.645. The monoisotopic (exact) mass is 404 g/mol. The van der Waals surface area contributed by atoms with Crippen LogP contribution in [0.5, 0.6) is 0 Å². The molecule has 0 radical (unpaired) electrons. The SMILES string of the molecule is Cc1ccc(C)c(NC(=O)CN(C)CC(=O)Nc2ccc(S(N)(=O)=O)cc2)c1. The molecule has 150 valence electrons. The van der Waals surface area contributed by atoms with Crippen LogP contribution in [0.25, 0.3) is 0 Å². The fourth-order valence-electron chi connectivity index (χ4n) is 2.53. The Bertz CT molecular complexity index is 972. The number of primary sulfonamides is 1. The fraction of sp³-hybridized carbons (Fsp3) is 0.263. The summed E-state index contributed by atoms with van der Waals surface area (Å²) < 4.78 is 22.5. The molecule has 9 heteroatoms. The van der Waals surface area contributed by atoms with Crippen molar-refractivity contribution in [2.75, 3.05) is 30.8 Å². The van der Waals surface area contributed by atoms with Gasteiger partial charge in [-0.2, -0.15) is 0 Å². The van der Waals surface area contributed by atoms with E-state index in [1.165, 1.54) is 24.3 Å². The molecule has 2 aromatic carbocycles. The van der Waals surface area contributed by atoms with Crippen LogP contribution in [0.4, 0.5) is 11.4 Å². The minimum Gasteiger partial charge on any atom is -0.325 e. The van der Waals surface area contributed by atoms with Gasteiger partial charge in [-0.05, 0) is 62.4 Å². The molecule has 0 saturated heterocycles. The summed E-state index contributed by atoms with van der Waals surface area (Å²) in [6.45, 7) is 3.90. The number of sulfonamides is 1. The molecular formula is C19H24N4O4S. The highest BCUT2D eigenvalue weighted by atomic mass is 32.2. The normalized spacial score (nSPS) is 11.3. The van der Waals surface area contributed by atoms with Gasteiger partial charge in [-0.15, -0.1) is 0 Å². The summed E-state index contributed by atoms with van der Waals surface area (Å²) in [5.41, 5.74) is 3.19. The predicted octanol–water partition coefficient (Wildman–Crippen LogP) is 1.46. The van der Waals surface area contributed by atoms with E-state index in [2.05, 4.69) is 10.6 Å². The lowest BCUT2D eigenvalue weighted by Gasteiger charge is -2.17. The van der Waals surface area contributed by atoms with Crippen LogP contribution in [0.1, 0.15) is 11.1 Å². The maximum Gasteiger partial charge on any atom is 0.238 e. The molecule has 2 amide bonds. The molecule has 0 aliphatic heterocycles. The number of rotatable bonds is 7. The number of hydrogen-bond acceptors (Lipinski definition) is 5. The van der Waals surface area contributed by atoms with Gasteiger partial charge in [-0.1, -0.05) is 12.1 Å². The summed E-state index contributed by atoms with van der Waals surface area (Å²) in [5.74, 6) is -0.549. The van der Waals surface area contributed by atoms with E-state index < -0.39 is 10.0 Å². The molecule has 0 aliphatic carbocycles. The standard InChI is InChI=1S/C19H24N4O4S/c1-13-4-5-14(2)17(10-13)22-19(25)12-23(3)11-18(24)21-15-6-8-16(9-7-15)28(20,26)27/h4-10H,11-12H2,1-3H3,(H,21,24)(H,22,25)(H2,20,26,27). The first kappa shape index (κ1) is 21.5. The highest BCUT2D eigenvalue weighted by Crippen LogP contribution is 2.16. The van der Waals surface area contributed by atoms with Crippen molar-refractivity contribution in [1.29, 1.82) is 0 Å². The molecular weight excluding hydrogens is 380 g/mol. The number of anilines is 2. The summed E-state index contributed by atoms with van der Waals surface area (Å²) in [6.07, 6.45) is 0. The first-order chi connectivity index (χ1) is 13.0. The fourth-order valence-corrected chi connectivity index (χ4v) is 3.05. The molecule has 0 unspecified atom stereocenters. The van der Waals surface area contributed by atoms with Gasteiger partial charge in [-0.25, -0.2) is 13.6 Å². The third kappa shape index (κ3) is 6.45. The van der Waals surface area contributed by atoms with Gasteiger partial charge in [0.25, 0.3) is 0 Å². The van der Waals surface area contributed by atoms with E-state index in [-0.39, 0.29) is 29.8 Å². The van der Waals surface area contributed by atoms with Crippen LogP contribution >= 0.6 is 0 Å². The van der Waals surface area contributed by atoms with Crippen molar-refractivity contribution in [3.8, 4) is 0 Å². The van der Waals surface area contributed by atoms with E-state index in [4.69, 9.17) is 5.14 Å². The lowest BCUT2D eigenvalue weighted by atomic mass is 10.1. The van der Waals surface area contributed by atoms with Crippen LogP contribution in [0.3, 0.4) is 0 Å². The van der Waals surface area contributed by atoms with Gasteiger partial charge in [0.1, 0.15) is 0 Å². The van der Waals surface area contributed by atoms with Crippen molar-refractivity contribution < 1.29 is 18.0 Å². The number of likely N-dealkylation sites (N-methyl/N-ethyl adjacent to an activating group) is 1. The number of nitrogens with one attached hydrogen (secondary N) is 2. The second kappa shape index (κ2) is 8.96. The molecule has 0 spiro atoms. The lowest BCUT2D eigenvalue weighted by molar-refractivity contribution is -0.119. The molecule has 0 saturated carbocycles. The second-order valence-electron chi connectivity index (χ2n) is 6.66. The van der Waals surface area contributed by atoms with Gasteiger partial charge in [-0.3, -0.25) is 14.5 Å². The van der Waals surface area contributed by atoms with Crippen molar-refractivity contribution in [2.24, 2.45) is 5.14 Å². The average Bonchev–Trinajstić information content (AvgIpc) is 2.57. The molecule has 0 atom stereocenters. The number of aryl methyl sites for hydroxylation is 2. The van der Waals surface area contributed by atoms with Crippen molar-refractivity contribution in [2.45, 2.75) is 18.7 Å². The van der Waals surface area contributed by atoms with Crippen LogP contribution in [0.2, 0.25) is 0 Å². The van der Waals surface area contributed by atoms with Gasteiger partial charge in [0.15, 0.2) is 0 Å². The minimum atomic E-state index is -3.78. The molecule has 8 nitrogen and oxygen atoms in total. The molecule has 2 rings (SSSR count). The predicted molar refractivity (Wildman–Crippen MR) is 108 cm³/mol. The Morgan fingerprint density at radius 3 is 2.11 bits per heavy atom. The van der Waals surface area contributed by atoms with Crippen LogP contribution < -0.4 is 15.8 Å². The van der Waals surface area contributed by atoms with Gasteiger partial charge >= 0.3 is 0 Å². The van der Waals surface area contributed by atoms with Gasteiger partial charge in [0.2, 0.25) is 21.8 Å². The molecule has 0 fully saturated rings. The summed E-state index contributed by atoms with van der Waals surface area (Å²) in [6, 6.07) is 11.3. The Labute approximate surface area is 164 Å². The number of carbonyl (C=O) groups excluding carboxylic acids is 2. The molecule has 4 N–H and O–H groups in total. The highest BCUT2D eigenvalue weighted by Gasteiger charge is 2.13. The van der Waals surface area contributed by atoms with Crippen molar-refractivity contribution in [3.05, 3.63) is 53.6 Å². The largest absolute Gasteiger partial charge is 0.325 e. The molecule has 28 heavy (non-hydrogen) atoms. The van der Waals surface area contributed by atoms with Gasteiger partial charge in [0, 0.05) is 11.4 Å². The Morgan fingerprint density at radius 1 is 0.964 bits per heavy atom. The maximum atomic E-state index is 12.2. The number of nitrogens with zero attached hydrogens (tertiary/aromatic N) is 1. The molecule has 2 aromatic rings. The first-order valence-electron chi connectivity index (χ1n) is 8.53. The van der Waals surface area contributed by atoms with E-state index in [0.717, 1.165) is 16.8 Å². The highest BCUT2D eigenvalue weighted by molar-refractivity contribution is 7.89.